The fourth-order valence-corrected chi connectivity index (χ4v) is 2.43. The minimum absolute atomic E-state index is 0.0555. The van der Waals surface area contributed by atoms with Crippen molar-refractivity contribution in [1.82, 2.24) is 4.81 Å². The Labute approximate surface area is 102 Å². The first-order valence-corrected chi connectivity index (χ1v) is 5.89. The molecule has 5 heteroatoms. The highest BCUT2D eigenvalue weighted by Crippen LogP contribution is 2.23. The first-order valence-electron chi connectivity index (χ1n) is 5.89. The maximum Gasteiger partial charge on any atom is 0.281 e. The van der Waals surface area contributed by atoms with Crippen molar-refractivity contribution in [2.45, 2.75) is 25.1 Å². The van der Waals surface area contributed by atoms with Gasteiger partial charge in [0.2, 0.25) is 0 Å². The molecule has 3 N–H and O–H groups in total. The van der Waals surface area contributed by atoms with E-state index in [1.165, 1.54) is 11.1 Å². The van der Waals surface area contributed by atoms with Crippen LogP contribution in [0.1, 0.15) is 11.1 Å². The summed E-state index contributed by atoms with van der Waals surface area (Å²) in [6, 6.07) is 8.08. The van der Waals surface area contributed by atoms with Crippen molar-refractivity contribution >= 4 is 13.6 Å². The number of fused-ring (bicyclic) bond motifs is 1. The number of hydrogen-bond acceptors (Lipinski definition) is 4. The zero-order chi connectivity index (χ0) is 12.3. The smallest absolute Gasteiger partial charge is 0.281 e. The van der Waals surface area contributed by atoms with E-state index in [0.29, 0.717) is 14.0 Å². The van der Waals surface area contributed by atoms with Gasteiger partial charge in [0.25, 0.3) is 7.41 Å². The van der Waals surface area contributed by atoms with E-state index >= 15 is 0 Å². The van der Waals surface area contributed by atoms with Crippen LogP contribution in [0.25, 0.3) is 0 Å². The molecule has 0 amide bonds. The molecule has 90 valence electrons. The van der Waals surface area contributed by atoms with Crippen LogP contribution in [-0.4, -0.2) is 42.2 Å². The Morgan fingerprint density at radius 2 is 2.24 bits per heavy atom. The van der Waals surface area contributed by atoms with E-state index in [1.54, 1.807) is 0 Å². The molecule has 0 aliphatic carbocycles. The third-order valence-electron chi connectivity index (χ3n) is 3.38. The Morgan fingerprint density at radius 3 is 2.88 bits per heavy atom. The number of aliphatic hydroxyl groups is 1. The summed E-state index contributed by atoms with van der Waals surface area (Å²) in [5.74, 6) is 0. The van der Waals surface area contributed by atoms with Crippen LogP contribution in [0.15, 0.2) is 24.3 Å². The minimum atomic E-state index is -0.580. The Morgan fingerprint density at radius 1 is 1.53 bits per heavy atom. The van der Waals surface area contributed by atoms with Crippen LogP contribution in [0, 0.1) is 0 Å². The molecule has 1 aromatic carbocycles. The summed E-state index contributed by atoms with van der Waals surface area (Å²) < 4.78 is 0. The second-order valence-electron chi connectivity index (χ2n) is 4.44. The van der Waals surface area contributed by atoms with Gasteiger partial charge in [-0.05, 0) is 17.5 Å². The van der Waals surface area contributed by atoms with Gasteiger partial charge in [-0.25, -0.2) is 0 Å². The lowest BCUT2D eigenvalue weighted by molar-refractivity contribution is 0.0878. The second-order valence-corrected chi connectivity index (χ2v) is 4.44. The van der Waals surface area contributed by atoms with Gasteiger partial charge in [0.15, 0.2) is 0 Å². The third kappa shape index (κ3) is 2.57. The van der Waals surface area contributed by atoms with E-state index in [9.17, 15) is 9.90 Å². The summed E-state index contributed by atoms with van der Waals surface area (Å²) in [5.41, 5.74) is 7.99. The van der Waals surface area contributed by atoms with Gasteiger partial charge >= 0.3 is 0 Å². The highest BCUT2D eigenvalue weighted by Gasteiger charge is 2.30. The molecule has 0 unspecified atom stereocenters. The molecule has 4 nitrogen and oxygen atoms in total. The van der Waals surface area contributed by atoms with Crippen molar-refractivity contribution < 1.29 is 9.90 Å². The van der Waals surface area contributed by atoms with E-state index in [2.05, 4.69) is 12.1 Å². The number of carbonyl (C=O) groups excluding carboxylic acids is 1. The number of rotatable bonds is 4. The zero-order valence-electron chi connectivity index (χ0n) is 9.75. The molecule has 1 aliphatic rings. The van der Waals surface area contributed by atoms with Crippen molar-refractivity contribution in [3.05, 3.63) is 35.4 Å². The first kappa shape index (κ1) is 12.3. The summed E-state index contributed by atoms with van der Waals surface area (Å²) in [4.78, 5) is 12.7. The molecular formula is C12H17BN2O2. The third-order valence-corrected chi connectivity index (χ3v) is 3.38. The number of nitrogens with zero attached hydrogens (tertiary/aromatic N) is 1. The molecule has 1 aliphatic heterocycles. The van der Waals surface area contributed by atoms with Crippen molar-refractivity contribution in [3.63, 3.8) is 0 Å². The predicted molar refractivity (Wildman–Crippen MR) is 68.4 cm³/mol. The lowest BCUT2D eigenvalue weighted by Crippen LogP contribution is -2.51. The summed E-state index contributed by atoms with van der Waals surface area (Å²) in [5, 5.41) is 9.92. The Kier molecular flexibility index (Phi) is 3.94. The van der Waals surface area contributed by atoms with Gasteiger partial charge in [0.05, 0.1) is 12.3 Å². The molecule has 0 bridgehead atoms. The van der Waals surface area contributed by atoms with Crippen molar-refractivity contribution in [3.8, 4) is 0 Å². The van der Waals surface area contributed by atoms with Crippen LogP contribution >= 0.6 is 0 Å². The maximum atomic E-state index is 10.7. The molecule has 0 aromatic heterocycles. The van der Waals surface area contributed by atoms with E-state index < -0.39 is 6.10 Å². The number of aliphatic hydroxyl groups excluding tert-OH is 1. The van der Waals surface area contributed by atoms with Crippen LogP contribution in [0.5, 0.6) is 0 Å². The van der Waals surface area contributed by atoms with E-state index in [4.69, 9.17) is 5.73 Å². The highest BCUT2D eigenvalue weighted by atomic mass is 16.3. The number of nitrogens with two attached hydrogens (primary N) is 1. The van der Waals surface area contributed by atoms with Gasteiger partial charge in [-0.1, -0.05) is 24.3 Å². The molecule has 1 aromatic rings. The molecule has 0 fully saturated rings. The van der Waals surface area contributed by atoms with Gasteiger partial charge in [-0.15, -0.1) is 0 Å². The van der Waals surface area contributed by atoms with Crippen molar-refractivity contribution in [2.24, 2.45) is 5.73 Å². The predicted octanol–water partition coefficient (Wildman–Crippen LogP) is -0.725. The van der Waals surface area contributed by atoms with Crippen LogP contribution in [-0.2, 0) is 17.8 Å². The molecule has 1 heterocycles. The molecule has 2 atom stereocenters. The summed E-state index contributed by atoms with van der Waals surface area (Å²) in [6.45, 7) is 0.929. The summed E-state index contributed by atoms with van der Waals surface area (Å²) >= 11 is 0. The number of benzene rings is 1. The van der Waals surface area contributed by atoms with E-state index in [-0.39, 0.29) is 12.6 Å². The lowest BCUT2D eigenvalue weighted by atomic mass is 9.82. The maximum absolute atomic E-state index is 10.7. The van der Waals surface area contributed by atoms with Crippen LogP contribution < -0.4 is 5.73 Å². The number of carbonyl (C=O) groups is 1. The lowest BCUT2D eigenvalue weighted by Gasteiger charge is -2.38. The standard InChI is InChI=1S/C12H17BN2O2/c14-6-12(17)11-5-9-3-1-2-4-10(9)7-15(11)13-8-16/h1-4,8,11-13,17H,5-7,14H2/t11-,12-/m0/s1. The average Bonchev–Trinajstić information content (AvgIpc) is 2.37. The Hall–Kier alpha value is -1.17. The van der Waals surface area contributed by atoms with Crippen molar-refractivity contribution in [2.75, 3.05) is 6.54 Å². The quantitative estimate of drug-likeness (QED) is 0.530. The summed E-state index contributed by atoms with van der Waals surface area (Å²) in [6.07, 6.45) is 1.05. The normalized spacial score (nSPS) is 21.6. The zero-order valence-corrected chi connectivity index (χ0v) is 9.75. The largest absolute Gasteiger partial charge is 0.390 e. The van der Waals surface area contributed by atoms with Crippen LogP contribution in [0.3, 0.4) is 0 Å². The van der Waals surface area contributed by atoms with Gasteiger partial charge in [-0.2, -0.15) is 0 Å². The van der Waals surface area contributed by atoms with Crippen LogP contribution in [0.2, 0.25) is 0 Å². The van der Waals surface area contributed by atoms with Crippen LogP contribution in [0.4, 0.5) is 0 Å². The molecule has 17 heavy (non-hydrogen) atoms. The fourth-order valence-electron chi connectivity index (χ4n) is 2.43. The monoisotopic (exact) mass is 232 g/mol. The molecule has 0 saturated carbocycles. The van der Waals surface area contributed by atoms with Gasteiger partial charge < -0.3 is 20.4 Å². The fraction of sp³-hybridized carbons (Fsp3) is 0.417. The molecule has 0 spiro atoms. The topological polar surface area (TPSA) is 66.6 Å². The van der Waals surface area contributed by atoms with E-state index in [0.717, 1.165) is 12.6 Å². The molecule has 2 rings (SSSR count). The number of hydrogen-bond donors (Lipinski definition) is 2. The average molecular weight is 232 g/mol. The van der Waals surface area contributed by atoms with Crippen molar-refractivity contribution in [1.29, 1.82) is 0 Å². The Bertz CT molecular complexity index is 400. The molecular weight excluding hydrogens is 215 g/mol. The Balaban J connectivity index is 2.24. The minimum Gasteiger partial charge on any atom is -0.390 e. The SMILES string of the molecule is NC[C@H](O)[C@@H]1Cc2ccccc2CN1BC=O. The van der Waals surface area contributed by atoms with E-state index in [1.807, 2.05) is 16.9 Å². The second kappa shape index (κ2) is 5.45. The van der Waals surface area contributed by atoms with Gasteiger partial charge in [-0.3, -0.25) is 0 Å². The first-order chi connectivity index (χ1) is 8.26. The highest BCUT2D eigenvalue weighted by molar-refractivity contribution is 6.64. The van der Waals surface area contributed by atoms with Gasteiger partial charge in [0, 0.05) is 19.1 Å². The summed E-state index contributed by atoms with van der Waals surface area (Å²) in [7, 11) is 0.343. The molecule has 0 radical (unpaired) electrons. The van der Waals surface area contributed by atoms with Gasteiger partial charge in [0.1, 0.15) is 0 Å². The molecule has 0 saturated heterocycles.